The van der Waals surface area contributed by atoms with E-state index in [1.54, 1.807) is 4.52 Å². The van der Waals surface area contributed by atoms with E-state index in [1.807, 2.05) is 12.3 Å². The number of aryl methyl sites for hydroxylation is 2. The maximum atomic E-state index is 6.26. The molecule has 1 aromatic carbocycles. The highest BCUT2D eigenvalue weighted by Gasteiger charge is 2.23. The van der Waals surface area contributed by atoms with E-state index in [-0.39, 0.29) is 0 Å². The van der Waals surface area contributed by atoms with Gasteiger partial charge >= 0.3 is 0 Å². The summed E-state index contributed by atoms with van der Waals surface area (Å²) < 4.78 is 1.80. The molecule has 1 saturated carbocycles. The van der Waals surface area contributed by atoms with Gasteiger partial charge in [-0.05, 0) is 56.7 Å². The highest BCUT2D eigenvalue weighted by atomic mass is 15.3. The SMILES string of the molecule is Cc1ccc(C)c(Nc2cc(N)c3nc([C@H]4CC[C@H](N)CC4)cn3n2)c1. The van der Waals surface area contributed by atoms with Crippen LogP contribution in [0.3, 0.4) is 0 Å². The van der Waals surface area contributed by atoms with Crippen LogP contribution < -0.4 is 16.8 Å². The first-order valence-electron chi connectivity index (χ1n) is 9.25. The quantitative estimate of drug-likeness (QED) is 0.670. The Morgan fingerprint density at radius 1 is 1.12 bits per heavy atom. The van der Waals surface area contributed by atoms with Crippen LogP contribution in [0.25, 0.3) is 5.65 Å². The summed E-state index contributed by atoms with van der Waals surface area (Å²) in [5, 5.41) is 8.06. The van der Waals surface area contributed by atoms with Crippen molar-refractivity contribution >= 4 is 22.8 Å². The number of rotatable bonds is 3. The maximum absolute atomic E-state index is 6.26. The smallest absolute Gasteiger partial charge is 0.177 e. The van der Waals surface area contributed by atoms with Crippen molar-refractivity contribution in [3.63, 3.8) is 0 Å². The summed E-state index contributed by atoms with van der Waals surface area (Å²) in [7, 11) is 0. The summed E-state index contributed by atoms with van der Waals surface area (Å²) in [6, 6.07) is 8.50. The molecular formula is C20H26N6. The Morgan fingerprint density at radius 2 is 1.88 bits per heavy atom. The molecule has 2 heterocycles. The van der Waals surface area contributed by atoms with Crippen LogP contribution in [0.2, 0.25) is 0 Å². The Hall–Kier alpha value is -2.60. The Bertz CT molecular complexity index is 937. The lowest BCUT2D eigenvalue weighted by Crippen LogP contribution is -2.25. The van der Waals surface area contributed by atoms with Gasteiger partial charge in [0.2, 0.25) is 0 Å². The number of aromatic nitrogens is 3. The largest absolute Gasteiger partial charge is 0.396 e. The molecule has 0 atom stereocenters. The monoisotopic (exact) mass is 350 g/mol. The predicted molar refractivity (Wildman–Crippen MR) is 106 cm³/mol. The minimum Gasteiger partial charge on any atom is -0.396 e. The third kappa shape index (κ3) is 3.24. The first kappa shape index (κ1) is 16.8. The van der Waals surface area contributed by atoms with Crippen LogP contribution in [-0.2, 0) is 0 Å². The fourth-order valence-electron chi connectivity index (χ4n) is 3.70. The van der Waals surface area contributed by atoms with Crippen molar-refractivity contribution < 1.29 is 0 Å². The molecule has 6 nitrogen and oxygen atoms in total. The highest BCUT2D eigenvalue weighted by Crippen LogP contribution is 2.32. The molecule has 1 aliphatic rings. The molecule has 0 unspecified atom stereocenters. The van der Waals surface area contributed by atoms with Gasteiger partial charge in [0.15, 0.2) is 11.5 Å². The van der Waals surface area contributed by atoms with Gasteiger partial charge in [-0.2, -0.15) is 0 Å². The molecule has 1 aliphatic carbocycles. The van der Waals surface area contributed by atoms with Gasteiger partial charge in [0.05, 0.1) is 17.6 Å². The van der Waals surface area contributed by atoms with Crippen LogP contribution in [0, 0.1) is 13.8 Å². The van der Waals surface area contributed by atoms with E-state index < -0.39 is 0 Å². The van der Waals surface area contributed by atoms with Crippen LogP contribution in [0.5, 0.6) is 0 Å². The van der Waals surface area contributed by atoms with E-state index in [2.05, 4.69) is 42.5 Å². The molecule has 0 radical (unpaired) electrons. The number of nitrogens with zero attached hydrogens (tertiary/aromatic N) is 3. The standard InChI is InChI=1S/C20H26N6/c1-12-3-4-13(2)17(9-12)23-19-10-16(22)20-24-18(11-26(20)25-19)14-5-7-15(21)8-6-14/h3-4,9-11,14-15H,5-8,21-22H2,1-2H3,(H,23,25)/t14-,15-. The fraction of sp³-hybridized carbons (Fsp3) is 0.400. The number of nitrogens with two attached hydrogens (primary N) is 2. The second-order valence-electron chi connectivity index (χ2n) is 7.47. The van der Waals surface area contributed by atoms with Crippen LogP contribution in [0.1, 0.15) is 48.4 Å². The minimum absolute atomic E-state index is 0.333. The molecule has 4 rings (SSSR count). The first-order chi connectivity index (χ1) is 12.5. The lowest BCUT2D eigenvalue weighted by Gasteiger charge is -2.24. The molecule has 0 aliphatic heterocycles. The Labute approximate surface area is 153 Å². The summed E-state index contributed by atoms with van der Waals surface area (Å²) in [6.07, 6.45) is 6.29. The summed E-state index contributed by atoms with van der Waals surface area (Å²) >= 11 is 0. The van der Waals surface area contributed by atoms with Crippen molar-refractivity contribution in [2.45, 2.75) is 51.5 Å². The number of benzene rings is 1. The average Bonchev–Trinajstić information content (AvgIpc) is 3.03. The number of nitrogens with one attached hydrogen (secondary N) is 1. The van der Waals surface area contributed by atoms with Crippen molar-refractivity contribution in [1.82, 2.24) is 14.6 Å². The molecular weight excluding hydrogens is 324 g/mol. The number of anilines is 3. The number of imidazole rings is 1. The summed E-state index contributed by atoms with van der Waals surface area (Å²) in [5.74, 6) is 1.17. The van der Waals surface area contributed by atoms with Crippen LogP contribution in [-0.4, -0.2) is 20.6 Å². The van der Waals surface area contributed by atoms with Gasteiger partial charge in [0.25, 0.3) is 0 Å². The lowest BCUT2D eigenvalue weighted by atomic mass is 9.85. The molecule has 0 saturated heterocycles. The van der Waals surface area contributed by atoms with Crippen LogP contribution >= 0.6 is 0 Å². The Balaban J connectivity index is 1.64. The van der Waals surface area contributed by atoms with E-state index in [0.29, 0.717) is 17.6 Å². The van der Waals surface area contributed by atoms with Gasteiger partial charge in [0, 0.05) is 23.7 Å². The van der Waals surface area contributed by atoms with E-state index in [1.165, 1.54) is 11.1 Å². The average molecular weight is 350 g/mol. The molecule has 26 heavy (non-hydrogen) atoms. The van der Waals surface area contributed by atoms with Crippen molar-refractivity contribution in [2.24, 2.45) is 5.73 Å². The van der Waals surface area contributed by atoms with Crippen LogP contribution in [0.4, 0.5) is 17.2 Å². The van der Waals surface area contributed by atoms with Crippen molar-refractivity contribution in [3.05, 3.63) is 47.3 Å². The van der Waals surface area contributed by atoms with E-state index >= 15 is 0 Å². The van der Waals surface area contributed by atoms with Crippen molar-refractivity contribution in [2.75, 3.05) is 11.1 Å². The Kier molecular flexibility index (Phi) is 4.28. The normalized spacial score (nSPS) is 20.4. The Morgan fingerprint density at radius 3 is 2.65 bits per heavy atom. The molecule has 0 bridgehead atoms. The second-order valence-corrected chi connectivity index (χ2v) is 7.47. The van der Waals surface area contributed by atoms with Gasteiger partial charge in [-0.3, -0.25) is 0 Å². The number of hydrogen-bond donors (Lipinski definition) is 3. The molecule has 6 heteroatoms. The lowest BCUT2D eigenvalue weighted by molar-refractivity contribution is 0.391. The molecule has 3 aromatic rings. The topological polar surface area (TPSA) is 94.3 Å². The zero-order valence-corrected chi connectivity index (χ0v) is 15.4. The maximum Gasteiger partial charge on any atom is 0.177 e. The third-order valence-corrected chi connectivity index (χ3v) is 5.32. The molecule has 5 N–H and O–H groups in total. The highest BCUT2D eigenvalue weighted by molar-refractivity contribution is 5.71. The van der Waals surface area contributed by atoms with Gasteiger partial charge < -0.3 is 16.8 Å². The third-order valence-electron chi connectivity index (χ3n) is 5.32. The summed E-state index contributed by atoms with van der Waals surface area (Å²) in [4.78, 5) is 4.75. The zero-order chi connectivity index (χ0) is 18.3. The van der Waals surface area contributed by atoms with Gasteiger partial charge in [0.1, 0.15) is 0 Å². The van der Waals surface area contributed by atoms with Gasteiger partial charge in [-0.1, -0.05) is 12.1 Å². The molecule has 136 valence electrons. The molecule has 0 amide bonds. The fourth-order valence-corrected chi connectivity index (χ4v) is 3.70. The molecule has 0 spiro atoms. The number of nitrogen functional groups attached to an aromatic ring is 1. The second kappa shape index (κ2) is 6.61. The predicted octanol–water partition coefficient (Wildman–Crippen LogP) is 3.66. The molecule has 2 aromatic heterocycles. The zero-order valence-electron chi connectivity index (χ0n) is 15.4. The summed E-state index contributed by atoms with van der Waals surface area (Å²) in [5.41, 5.74) is 18.1. The first-order valence-corrected chi connectivity index (χ1v) is 9.25. The van der Waals surface area contributed by atoms with Crippen LogP contribution in [0.15, 0.2) is 30.5 Å². The molecule has 1 fully saturated rings. The van der Waals surface area contributed by atoms with Crippen molar-refractivity contribution in [3.8, 4) is 0 Å². The summed E-state index contributed by atoms with van der Waals surface area (Å²) in [6.45, 7) is 4.15. The number of fused-ring (bicyclic) bond motifs is 1. The van der Waals surface area contributed by atoms with E-state index in [9.17, 15) is 0 Å². The number of hydrogen-bond acceptors (Lipinski definition) is 5. The van der Waals surface area contributed by atoms with E-state index in [4.69, 9.17) is 16.5 Å². The van der Waals surface area contributed by atoms with Gasteiger partial charge in [-0.25, -0.2) is 9.50 Å². The van der Waals surface area contributed by atoms with Gasteiger partial charge in [-0.15, -0.1) is 5.10 Å². The minimum atomic E-state index is 0.333. The van der Waals surface area contributed by atoms with E-state index in [0.717, 1.165) is 48.5 Å². The van der Waals surface area contributed by atoms with Crippen molar-refractivity contribution in [1.29, 1.82) is 0 Å².